The summed E-state index contributed by atoms with van der Waals surface area (Å²) in [7, 11) is 0. The van der Waals surface area contributed by atoms with Crippen LogP contribution in [0.4, 0.5) is 0 Å². The third-order valence-electron chi connectivity index (χ3n) is 0.333. The fourth-order valence-corrected chi connectivity index (χ4v) is 0. The van der Waals surface area contributed by atoms with E-state index in [1.54, 1.807) is 0 Å². The summed E-state index contributed by atoms with van der Waals surface area (Å²) >= 11 is 0. The molecule has 0 rings (SSSR count). The minimum Gasteiger partial charge on any atom is -0.0919 e. The average Bonchev–Trinajstić information content (AvgIpc) is 2.26. The second-order valence-corrected chi connectivity index (χ2v) is 2.08. The normalized spacial score (nSPS) is 6.14. The van der Waals surface area contributed by atoms with E-state index in [1.165, 1.54) is 12.8 Å². The molecule has 0 spiro atoms. The quantitative estimate of drug-likeness (QED) is 0.397. The van der Waals surface area contributed by atoms with E-state index < -0.39 is 0 Å². The van der Waals surface area contributed by atoms with E-state index in [-0.39, 0.29) is 0 Å². The van der Waals surface area contributed by atoms with E-state index in [9.17, 15) is 0 Å². The molecule has 0 nitrogen and oxygen atoms in total. The first kappa shape index (κ1) is 29.2. The zero-order chi connectivity index (χ0) is 12.8. The Morgan fingerprint density at radius 3 is 0.643 bits per heavy atom. The Bertz CT molecular complexity index is 29.3. The molecule has 0 fully saturated rings. The predicted molar refractivity (Wildman–Crippen MR) is 75.1 cm³/mol. The van der Waals surface area contributed by atoms with Crippen molar-refractivity contribution in [1.82, 2.24) is 0 Å². The van der Waals surface area contributed by atoms with Gasteiger partial charge in [-0.2, -0.15) is 0 Å². The molecule has 0 aromatic carbocycles. The molecule has 0 aliphatic carbocycles. The molecule has 0 saturated heterocycles. The Morgan fingerprint density at radius 1 is 0.571 bits per heavy atom. The summed E-state index contributed by atoms with van der Waals surface area (Å²) in [6.45, 7) is 20.5. The Morgan fingerprint density at radius 2 is 0.643 bits per heavy atom. The van der Waals surface area contributed by atoms with Crippen LogP contribution in [0.3, 0.4) is 0 Å². The van der Waals surface area contributed by atoms with Gasteiger partial charge in [-0.15, -0.1) is 0 Å². The summed E-state index contributed by atoms with van der Waals surface area (Å²) in [6.07, 6.45) is 6.50. The van der Waals surface area contributed by atoms with Gasteiger partial charge < -0.3 is 0 Å². The molecule has 0 aliphatic heterocycles. The van der Waals surface area contributed by atoms with E-state index in [1.807, 2.05) is 53.7 Å². The molecule has 0 aromatic rings. The Kier molecular flexibility index (Phi) is 262. The molecule has 0 heterocycles. The fraction of sp³-hybridized carbons (Fsp3) is 0.857. The largest absolute Gasteiger partial charge is 0.0919 e. The third-order valence-corrected chi connectivity index (χ3v) is 0.333. The molecule has 0 aliphatic rings. The third kappa shape index (κ3) is 2470. The van der Waals surface area contributed by atoms with Crippen molar-refractivity contribution in [3.63, 3.8) is 0 Å². The second kappa shape index (κ2) is 126. The van der Waals surface area contributed by atoms with E-state index in [4.69, 9.17) is 0 Å². The van der Waals surface area contributed by atoms with Crippen molar-refractivity contribution in [2.45, 2.75) is 82.1 Å². The summed E-state index contributed by atoms with van der Waals surface area (Å²) in [4.78, 5) is 0. The SMILES string of the molecule is C/C=C\C.CC.CC.CCC.CCC. The minimum atomic E-state index is 1.25. The molecular weight excluding hydrogens is 168 g/mol. The molecular formula is C14H36. The van der Waals surface area contributed by atoms with Gasteiger partial charge in [0.15, 0.2) is 0 Å². The maximum Gasteiger partial charge on any atom is -0.0470 e. The van der Waals surface area contributed by atoms with Gasteiger partial charge in [0.2, 0.25) is 0 Å². The van der Waals surface area contributed by atoms with Gasteiger partial charge in [0.1, 0.15) is 0 Å². The van der Waals surface area contributed by atoms with Gasteiger partial charge >= 0.3 is 0 Å². The van der Waals surface area contributed by atoms with Gasteiger partial charge in [-0.25, -0.2) is 0 Å². The monoisotopic (exact) mass is 204 g/mol. The first-order valence-electron chi connectivity index (χ1n) is 6.32. The second-order valence-electron chi connectivity index (χ2n) is 2.08. The number of hydrogen-bond donors (Lipinski definition) is 0. The average molecular weight is 204 g/mol. The van der Waals surface area contributed by atoms with Crippen LogP contribution in [0.5, 0.6) is 0 Å². The highest BCUT2D eigenvalue weighted by molar-refractivity contribution is 4.68. The first-order valence-corrected chi connectivity index (χ1v) is 6.32. The van der Waals surface area contributed by atoms with Gasteiger partial charge in [-0.3, -0.25) is 0 Å². The zero-order valence-corrected chi connectivity index (χ0v) is 12.6. The molecule has 0 unspecified atom stereocenters. The van der Waals surface area contributed by atoms with E-state index in [0.29, 0.717) is 0 Å². The maximum atomic E-state index is 2.12. The van der Waals surface area contributed by atoms with Crippen LogP contribution in [-0.4, -0.2) is 0 Å². The summed E-state index contributed by atoms with van der Waals surface area (Å²) < 4.78 is 0. The Labute approximate surface area is 94.8 Å². The van der Waals surface area contributed by atoms with Crippen LogP contribution in [0, 0.1) is 0 Å². The molecule has 0 atom stereocenters. The maximum absolute atomic E-state index is 2.12. The van der Waals surface area contributed by atoms with Gasteiger partial charge in [0.05, 0.1) is 0 Å². The van der Waals surface area contributed by atoms with Crippen molar-refractivity contribution in [2.75, 3.05) is 0 Å². The molecule has 92 valence electrons. The van der Waals surface area contributed by atoms with Crippen LogP contribution < -0.4 is 0 Å². The van der Waals surface area contributed by atoms with Crippen molar-refractivity contribution in [3.05, 3.63) is 12.2 Å². The highest BCUT2D eigenvalue weighted by atomic mass is 13.4. The van der Waals surface area contributed by atoms with Gasteiger partial charge in [-0.05, 0) is 13.8 Å². The molecule has 0 N–H and O–H groups in total. The smallest absolute Gasteiger partial charge is 0.0470 e. The van der Waals surface area contributed by atoms with Crippen molar-refractivity contribution < 1.29 is 0 Å². The van der Waals surface area contributed by atoms with Gasteiger partial charge in [-0.1, -0.05) is 80.4 Å². The molecule has 0 aromatic heterocycles. The van der Waals surface area contributed by atoms with E-state index in [2.05, 4.69) is 27.7 Å². The van der Waals surface area contributed by atoms with E-state index in [0.717, 1.165) is 0 Å². The summed E-state index contributed by atoms with van der Waals surface area (Å²) in [5.74, 6) is 0. The lowest BCUT2D eigenvalue weighted by molar-refractivity contribution is 1.09. The van der Waals surface area contributed by atoms with Crippen LogP contribution in [0.2, 0.25) is 0 Å². The number of rotatable bonds is 0. The van der Waals surface area contributed by atoms with Gasteiger partial charge in [0.25, 0.3) is 0 Å². The zero-order valence-electron chi connectivity index (χ0n) is 12.6. The van der Waals surface area contributed by atoms with Crippen LogP contribution >= 0.6 is 0 Å². The lowest BCUT2D eigenvalue weighted by Crippen LogP contribution is -1.27. The van der Waals surface area contributed by atoms with Crippen molar-refractivity contribution in [2.24, 2.45) is 0 Å². The van der Waals surface area contributed by atoms with Crippen LogP contribution in [-0.2, 0) is 0 Å². The van der Waals surface area contributed by atoms with Crippen LogP contribution in [0.1, 0.15) is 82.1 Å². The lowest BCUT2D eigenvalue weighted by Gasteiger charge is -1.49. The Hall–Kier alpha value is -0.260. The highest BCUT2D eigenvalue weighted by Crippen LogP contribution is 1.57. The van der Waals surface area contributed by atoms with Crippen molar-refractivity contribution >= 4 is 0 Å². The van der Waals surface area contributed by atoms with Crippen molar-refractivity contribution in [1.29, 1.82) is 0 Å². The summed E-state index contributed by atoms with van der Waals surface area (Å²) in [5, 5.41) is 0. The lowest BCUT2D eigenvalue weighted by atomic mass is 10.6. The number of allylic oxidation sites excluding steroid dienone is 2. The molecule has 14 heavy (non-hydrogen) atoms. The molecule has 0 saturated carbocycles. The standard InChI is InChI=1S/C4H8.2C3H8.2C2H6/c1-3-4-2;2*1-3-2;2*1-2/h3-4H,1-2H3;2*3H2,1-2H3;2*1-2H3/b4-3-;;;;. The van der Waals surface area contributed by atoms with E-state index >= 15 is 0 Å². The molecule has 0 heteroatoms. The molecule has 0 radical (unpaired) electrons. The Balaban J connectivity index is -0.0000000249. The summed E-state index contributed by atoms with van der Waals surface area (Å²) in [5.41, 5.74) is 0. The molecule has 0 amide bonds. The minimum absolute atomic E-state index is 1.25. The summed E-state index contributed by atoms with van der Waals surface area (Å²) in [6, 6.07) is 0. The highest BCUT2D eigenvalue weighted by Gasteiger charge is 1.36. The topological polar surface area (TPSA) is 0 Å². The fourth-order valence-electron chi connectivity index (χ4n) is 0. The van der Waals surface area contributed by atoms with Crippen molar-refractivity contribution in [3.8, 4) is 0 Å². The molecule has 0 bridgehead atoms. The predicted octanol–water partition coefficient (Wildman–Crippen LogP) is 6.47. The first-order chi connectivity index (χ1) is 6.74. The van der Waals surface area contributed by atoms with Crippen LogP contribution in [0.25, 0.3) is 0 Å². The van der Waals surface area contributed by atoms with Crippen LogP contribution in [0.15, 0.2) is 12.2 Å². The van der Waals surface area contributed by atoms with Gasteiger partial charge in [0, 0.05) is 0 Å². The number of hydrogen-bond acceptors (Lipinski definition) is 0.